The Balaban J connectivity index is 2.35. The third-order valence-corrected chi connectivity index (χ3v) is 6.51. The van der Waals surface area contributed by atoms with Gasteiger partial charge in [0.05, 0.1) is 23.1 Å². The maximum Gasteiger partial charge on any atom is 0.379 e. The Morgan fingerprint density at radius 1 is 1.00 bits per heavy atom. The van der Waals surface area contributed by atoms with E-state index in [0.717, 1.165) is 6.42 Å². The fraction of sp³-hybridized carbons (Fsp3) is 0.409. The zero-order valence-electron chi connectivity index (χ0n) is 16.6. The lowest BCUT2D eigenvalue weighted by molar-refractivity contribution is 0.103. The van der Waals surface area contributed by atoms with E-state index in [1.807, 2.05) is 13.0 Å². The van der Waals surface area contributed by atoms with Crippen molar-refractivity contribution in [3.63, 3.8) is 0 Å². The quantitative estimate of drug-likeness (QED) is 0.331. The summed E-state index contributed by atoms with van der Waals surface area (Å²) >= 11 is 6.67. The molecule has 0 aliphatic carbocycles. The highest BCUT2D eigenvalue weighted by molar-refractivity contribution is 7.54. The van der Waals surface area contributed by atoms with Gasteiger partial charge < -0.3 is 4.74 Å². The van der Waals surface area contributed by atoms with Crippen molar-refractivity contribution < 1.29 is 14.1 Å². The van der Waals surface area contributed by atoms with Crippen molar-refractivity contribution in [3.05, 3.63) is 59.7 Å². The smallest absolute Gasteiger partial charge is 0.379 e. The first kappa shape index (κ1) is 21.6. The molecule has 0 fully saturated rings. The van der Waals surface area contributed by atoms with E-state index >= 15 is 0 Å². The second kappa shape index (κ2) is 8.54. The summed E-state index contributed by atoms with van der Waals surface area (Å²) in [5.41, 5.74) is 0.921. The Labute approximate surface area is 167 Å². The standard InChI is InChI=1S/C22H27ClO3P/c1-21(2,3)14-22(4,23)15-27(25)19-13-9-7-11-17(19)20(24)16-10-6-8-12-18(16)26-5/h6-13H,14-15H2,1-5H3/q+1. The van der Waals surface area contributed by atoms with Gasteiger partial charge in [-0.05, 0) is 43.0 Å². The number of carbonyl (C=O) groups excluding carboxylic acids is 1. The number of halogens is 1. The second-order valence-electron chi connectivity index (χ2n) is 8.23. The van der Waals surface area contributed by atoms with Gasteiger partial charge in [0.1, 0.15) is 5.75 Å². The lowest BCUT2D eigenvalue weighted by atomic mass is 9.86. The van der Waals surface area contributed by atoms with Crippen molar-refractivity contribution in [2.45, 2.75) is 39.0 Å². The summed E-state index contributed by atoms with van der Waals surface area (Å²) in [6.45, 7) is 8.25. The molecule has 2 aromatic carbocycles. The molecule has 144 valence electrons. The highest BCUT2D eigenvalue weighted by atomic mass is 35.5. The SMILES string of the molecule is COc1ccccc1C(=O)c1ccccc1[P+](=O)CC(C)(Cl)CC(C)(C)C. The van der Waals surface area contributed by atoms with Crippen LogP contribution in [0.5, 0.6) is 5.75 Å². The number of carbonyl (C=O) groups is 1. The van der Waals surface area contributed by atoms with Gasteiger partial charge in [-0.2, -0.15) is 0 Å². The summed E-state index contributed by atoms with van der Waals surface area (Å²) in [5, 5.41) is 0.546. The Kier molecular flexibility index (Phi) is 6.83. The Morgan fingerprint density at radius 2 is 1.56 bits per heavy atom. The average Bonchev–Trinajstić information content (AvgIpc) is 2.58. The van der Waals surface area contributed by atoms with Crippen molar-refractivity contribution in [1.82, 2.24) is 0 Å². The van der Waals surface area contributed by atoms with E-state index in [4.69, 9.17) is 16.3 Å². The van der Waals surface area contributed by atoms with Crippen molar-refractivity contribution in [3.8, 4) is 5.75 Å². The predicted molar refractivity (Wildman–Crippen MR) is 113 cm³/mol. The molecule has 0 saturated carbocycles. The molecule has 2 aromatic rings. The van der Waals surface area contributed by atoms with Crippen LogP contribution in [0.15, 0.2) is 48.5 Å². The Bertz CT molecular complexity index is 837. The molecule has 27 heavy (non-hydrogen) atoms. The first-order valence-corrected chi connectivity index (χ1v) is 10.8. The second-order valence-corrected chi connectivity index (χ2v) is 10.7. The number of methoxy groups -OCH3 is 1. The van der Waals surface area contributed by atoms with E-state index < -0.39 is 12.7 Å². The van der Waals surface area contributed by atoms with Crippen molar-refractivity contribution >= 4 is 30.5 Å². The zero-order chi connectivity index (χ0) is 20.2. The summed E-state index contributed by atoms with van der Waals surface area (Å²) < 4.78 is 18.4. The van der Waals surface area contributed by atoms with Crippen LogP contribution in [0.3, 0.4) is 0 Å². The van der Waals surface area contributed by atoms with Gasteiger partial charge in [0.15, 0.2) is 6.16 Å². The van der Waals surface area contributed by atoms with Gasteiger partial charge in [0, 0.05) is 0 Å². The van der Waals surface area contributed by atoms with Crippen molar-refractivity contribution in [1.29, 1.82) is 0 Å². The van der Waals surface area contributed by atoms with Gasteiger partial charge in [-0.15, -0.1) is 11.6 Å². The summed E-state index contributed by atoms with van der Waals surface area (Å²) in [4.78, 5) is 12.5. The zero-order valence-corrected chi connectivity index (χ0v) is 18.2. The third-order valence-electron chi connectivity index (χ3n) is 4.14. The summed E-state index contributed by atoms with van der Waals surface area (Å²) in [5.74, 6) is 0.306. The maximum atomic E-state index is 13.1. The number of ether oxygens (including phenoxy) is 1. The number of benzene rings is 2. The van der Waals surface area contributed by atoms with Crippen LogP contribution in [0.4, 0.5) is 0 Å². The molecule has 2 unspecified atom stereocenters. The number of rotatable bonds is 7. The van der Waals surface area contributed by atoms with E-state index in [1.54, 1.807) is 42.5 Å². The Morgan fingerprint density at radius 3 is 2.15 bits per heavy atom. The van der Waals surface area contributed by atoms with E-state index in [2.05, 4.69) is 20.8 Å². The molecule has 0 bridgehead atoms. The summed E-state index contributed by atoms with van der Waals surface area (Å²) in [7, 11) is -0.286. The van der Waals surface area contributed by atoms with Crippen molar-refractivity contribution in [2.24, 2.45) is 5.41 Å². The van der Waals surface area contributed by atoms with Crippen LogP contribution in [0, 0.1) is 5.41 Å². The molecular weight excluding hydrogens is 379 g/mol. The molecule has 2 rings (SSSR count). The molecule has 2 atom stereocenters. The molecule has 0 N–H and O–H groups in total. The largest absolute Gasteiger partial charge is 0.496 e. The topological polar surface area (TPSA) is 43.4 Å². The predicted octanol–water partition coefficient (Wildman–Crippen LogP) is 5.81. The normalized spacial score (nSPS) is 14.4. The van der Waals surface area contributed by atoms with Crippen LogP contribution >= 0.6 is 19.4 Å². The highest BCUT2D eigenvalue weighted by Gasteiger charge is 2.38. The monoisotopic (exact) mass is 405 g/mol. The number of hydrogen-bond acceptors (Lipinski definition) is 3. The van der Waals surface area contributed by atoms with Gasteiger partial charge in [-0.25, -0.2) is 0 Å². The van der Waals surface area contributed by atoms with Crippen LogP contribution in [0.1, 0.15) is 50.0 Å². The van der Waals surface area contributed by atoms with E-state index in [9.17, 15) is 9.36 Å². The van der Waals surface area contributed by atoms with Gasteiger partial charge in [0.2, 0.25) is 11.1 Å². The molecule has 3 nitrogen and oxygen atoms in total. The number of hydrogen-bond donors (Lipinski definition) is 0. The van der Waals surface area contributed by atoms with Crippen LogP contribution in [-0.2, 0) is 4.57 Å². The average molecular weight is 406 g/mol. The van der Waals surface area contributed by atoms with Gasteiger partial charge >= 0.3 is 7.80 Å². The third kappa shape index (κ3) is 5.89. The molecule has 5 heteroatoms. The lowest BCUT2D eigenvalue weighted by Crippen LogP contribution is -2.28. The summed E-state index contributed by atoms with van der Waals surface area (Å²) in [6.07, 6.45) is 1.04. The van der Waals surface area contributed by atoms with Crippen LogP contribution < -0.4 is 10.0 Å². The molecule has 0 spiro atoms. The minimum Gasteiger partial charge on any atom is -0.496 e. The van der Waals surface area contributed by atoms with Crippen molar-refractivity contribution in [2.75, 3.05) is 13.3 Å². The van der Waals surface area contributed by atoms with Gasteiger partial charge in [0.25, 0.3) is 0 Å². The molecular formula is C22H27ClO3P+. The molecule has 0 amide bonds. The van der Waals surface area contributed by atoms with Crippen LogP contribution in [-0.4, -0.2) is 23.9 Å². The fourth-order valence-electron chi connectivity index (χ4n) is 3.41. The molecule has 0 aromatic heterocycles. The van der Waals surface area contributed by atoms with Crippen LogP contribution in [0.25, 0.3) is 0 Å². The van der Waals surface area contributed by atoms with Gasteiger partial charge in [-0.1, -0.05) is 49.6 Å². The highest BCUT2D eigenvalue weighted by Crippen LogP contribution is 2.39. The van der Waals surface area contributed by atoms with E-state index in [-0.39, 0.29) is 11.2 Å². The van der Waals surface area contributed by atoms with Crippen LogP contribution in [0.2, 0.25) is 0 Å². The van der Waals surface area contributed by atoms with Gasteiger partial charge in [-0.3, -0.25) is 4.79 Å². The summed E-state index contributed by atoms with van der Waals surface area (Å²) in [6, 6.07) is 14.1. The molecule has 0 heterocycles. The molecule has 0 saturated heterocycles. The maximum absolute atomic E-state index is 13.1. The fourth-order valence-corrected chi connectivity index (χ4v) is 5.71. The van der Waals surface area contributed by atoms with E-state index in [1.165, 1.54) is 7.11 Å². The number of ketones is 1. The van der Waals surface area contributed by atoms with E-state index in [0.29, 0.717) is 28.3 Å². The first-order valence-electron chi connectivity index (χ1n) is 8.94. The minimum atomic E-state index is -1.82. The molecule has 0 aliphatic heterocycles. The molecule has 0 radical (unpaired) electrons. The Hall–Kier alpha value is -1.70. The first-order chi connectivity index (χ1) is 12.5. The number of para-hydroxylation sites is 1. The molecule has 0 aliphatic rings. The lowest BCUT2D eigenvalue weighted by Gasteiger charge is -2.27. The minimum absolute atomic E-state index is 0.0272. The number of alkyl halides is 1.